The second-order valence-corrected chi connectivity index (χ2v) is 15.3. The van der Waals surface area contributed by atoms with Gasteiger partial charge in [-0.3, -0.25) is 4.79 Å². The minimum absolute atomic E-state index is 0.0450. The standard InChI is InChI=1S/C32H52O2/c1-20-12-15-29(6)18-19-31(8)23(27(29)21(20)2)10-11-25-30(7)16-14-26(34-22(3)33)28(4,5)24(30)13-17-32(25,31)9/h10,20-21,24-27H,11-19H2,1-9H3/t20-,21+,24-,25-,26+,27-,29-,30-,31-,32+/m0/s1. The quantitative estimate of drug-likeness (QED) is 0.284. The maximum absolute atomic E-state index is 11.9. The molecule has 2 heteroatoms. The Kier molecular flexibility index (Phi) is 5.57. The van der Waals surface area contributed by atoms with Crippen LogP contribution < -0.4 is 0 Å². The fraction of sp³-hybridized carbons (Fsp3) is 0.906. The van der Waals surface area contributed by atoms with Gasteiger partial charge in [-0.15, -0.1) is 0 Å². The minimum atomic E-state index is -0.110. The van der Waals surface area contributed by atoms with Crippen LogP contribution in [0.4, 0.5) is 0 Å². The van der Waals surface area contributed by atoms with E-state index >= 15 is 0 Å². The first kappa shape index (κ1) is 24.9. The Balaban J connectivity index is 1.54. The monoisotopic (exact) mass is 468 g/mol. The van der Waals surface area contributed by atoms with Gasteiger partial charge in [0.25, 0.3) is 0 Å². The van der Waals surface area contributed by atoms with Crippen LogP contribution in [0.25, 0.3) is 0 Å². The van der Waals surface area contributed by atoms with E-state index in [4.69, 9.17) is 4.74 Å². The molecule has 0 amide bonds. The number of carbonyl (C=O) groups excluding carboxylic acids is 1. The van der Waals surface area contributed by atoms with E-state index in [0.29, 0.717) is 27.6 Å². The predicted molar refractivity (Wildman–Crippen MR) is 140 cm³/mol. The summed E-state index contributed by atoms with van der Waals surface area (Å²) in [4.78, 5) is 11.9. The summed E-state index contributed by atoms with van der Waals surface area (Å²) in [7, 11) is 0. The van der Waals surface area contributed by atoms with Gasteiger partial charge in [-0.25, -0.2) is 0 Å². The van der Waals surface area contributed by atoms with Gasteiger partial charge in [-0.05, 0) is 109 Å². The summed E-state index contributed by atoms with van der Waals surface area (Å²) in [6.45, 7) is 22.1. The Morgan fingerprint density at radius 1 is 0.882 bits per heavy atom. The molecule has 0 spiro atoms. The lowest BCUT2D eigenvalue weighted by Gasteiger charge is -2.71. The largest absolute Gasteiger partial charge is 0.462 e. The van der Waals surface area contributed by atoms with Crippen molar-refractivity contribution in [1.29, 1.82) is 0 Å². The van der Waals surface area contributed by atoms with Crippen molar-refractivity contribution in [3.8, 4) is 0 Å². The summed E-state index contributed by atoms with van der Waals surface area (Å²) in [5.41, 5.74) is 3.44. The molecule has 0 bridgehead atoms. The fourth-order valence-corrected chi connectivity index (χ4v) is 11.2. The van der Waals surface area contributed by atoms with Crippen LogP contribution in [0.15, 0.2) is 11.6 Å². The van der Waals surface area contributed by atoms with E-state index in [0.717, 1.165) is 30.1 Å². The van der Waals surface area contributed by atoms with Gasteiger partial charge in [0.2, 0.25) is 0 Å². The topological polar surface area (TPSA) is 26.3 Å². The lowest BCUT2D eigenvalue weighted by molar-refractivity contribution is -0.212. The van der Waals surface area contributed by atoms with Crippen LogP contribution in [-0.2, 0) is 9.53 Å². The molecule has 0 unspecified atom stereocenters. The molecule has 5 aliphatic rings. The lowest BCUT2D eigenvalue weighted by Crippen LogP contribution is -2.65. The van der Waals surface area contributed by atoms with E-state index in [9.17, 15) is 4.79 Å². The lowest BCUT2D eigenvalue weighted by atomic mass is 9.33. The van der Waals surface area contributed by atoms with Gasteiger partial charge < -0.3 is 4.74 Å². The van der Waals surface area contributed by atoms with Crippen molar-refractivity contribution in [2.45, 2.75) is 126 Å². The average molecular weight is 469 g/mol. The van der Waals surface area contributed by atoms with Crippen LogP contribution in [0.5, 0.6) is 0 Å². The van der Waals surface area contributed by atoms with Crippen molar-refractivity contribution in [2.24, 2.45) is 56.7 Å². The third kappa shape index (κ3) is 3.08. The van der Waals surface area contributed by atoms with E-state index in [1.165, 1.54) is 51.4 Å². The number of rotatable bonds is 1. The summed E-state index contributed by atoms with van der Waals surface area (Å²) >= 11 is 0. The smallest absolute Gasteiger partial charge is 0.302 e. The average Bonchev–Trinajstić information content (AvgIpc) is 2.74. The van der Waals surface area contributed by atoms with Gasteiger partial charge in [0.1, 0.15) is 6.10 Å². The summed E-state index contributed by atoms with van der Waals surface area (Å²) in [5, 5.41) is 0. The van der Waals surface area contributed by atoms with Crippen LogP contribution in [-0.4, -0.2) is 12.1 Å². The third-order valence-corrected chi connectivity index (χ3v) is 13.6. The molecule has 0 saturated heterocycles. The molecule has 34 heavy (non-hydrogen) atoms. The highest BCUT2D eigenvalue weighted by atomic mass is 16.5. The highest BCUT2D eigenvalue weighted by molar-refractivity contribution is 5.66. The van der Waals surface area contributed by atoms with Crippen molar-refractivity contribution in [1.82, 2.24) is 0 Å². The van der Waals surface area contributed by atoms with Crippen molar-refractivity contribution >= 4 is 5.97 Å². The number of hydrogen-bond acceptors (Lipinski definition) is 2. The van der Waals surface area contributed by atoms with Gasteiger partial charge in [0.15, 0.2) is 0 Å². The van der Waals surface area contributed by atoms with E-state index in [-0.39, 0.29) is 17.5 Å². The SMILES string of the molecule is CC(=O)O[C@@H]1CC[C@@]2(C)[C@@H](CC[C@]3(C)[C@H]2CC=C2[C@@H]4[C@H](C)[C@@H](C)CC[C@@]4(C)CC[C@@]23C)C1(C)C. The number of ether oxygens (including phenoxy) is 1. The van der Waals surface area contributed by atoms with Crippen LogP contribution in [0.1, 0.15) is 120 Å². The molecule has 2 nitrogen and oxygen atoms in total. The van der Waals surface area contributed by atoms with Gasteiger partial charge in [0.05, 0.1) is 0 Å². The Morgan fingerprint density at radius 2 is 1.59 bits per heavy atom. The number of carbonyl (C=O) groups is 1. The van der Waals surface area contributed by atoms with Crippen molar-refractivity contribution < 1.29 is 9.53 Å². The molecule has 10 atom stereocenters. The van der Waals surface area contributed by atoms with Gasteiger partial charge >= 0.3 is 5.97 Å². The van der Waals surface area contributed by atoms with Gasteiger partial charge in [-0.1, -0.05) is 67.0 Å². The maximum Gasteiger partial charge on any atom is 0.302 e. The van der Waals surface area contributed by atoms with Crippen LogP contribution in [0.2, 0.25) is 0 Å². The molecule has 0 aromatic rings. The Bertz CT molecular complexity index is 885. The Hall–Kier alpha value is -0.790. The molecule has 192 valence electrons. The second kappa shape index (κ2) is 7.61. The highest BCUT2D eigenvalue weighted by Gasteiger charge is 2.68. The molecule has 0 aliphatic heterocycles. The molecule has 0 N–H and O–H groups in total. The fourth-order valence-electron chi connectivity index (χ4n) is 11.2. The molecule has 4 saturated carbocycles. The number of allylic oxidation sites excluding steroid dienone is 2. The molecular weight excluding hydrogens is 416 g/mol. The molecule has 0 radical (unpaired) electrons. The molecule has 0 heterocycles. The Morgan fingerprint density at radius 3 is 2.26 bits per heavy atom. The predicted octanol–water partition coefficient (Wildman–Crippen LogP) is 8.60. The highest BCUT2D eigenvalue weighted by Crippen LogP contribution is 2.75. The van der Waals surface area contributed by atoms with Gasteiger partial charge in [-0.2, -0.15) is 0 Å². The summed E-state index contributed by atoms with van der Waals surface area (Å²) in [5.74, 6) is 3.66. The Labute approximate surface area is 210 Å². The molecule has 0 aromatic heterocycles. The van der Waals surface area contributed by atoms with Crippen LogP contribution in [0, 0.1) is 56.7 Å². The van der Waals surface area contributed by atoms with Crippen molar-refractivity contribution in [3.05, 3.63) is 11.6 Å². The summed E-state index contributed by atoms with van der Waals surface area (Å²) < 4.78 is 5.91. The van der Waals surface area contributed by atoms with E-state index in [1.807, 2.05) is 5.57 Å². The van der Waals surface area contributed by atoms with Crippen molar-refractivity contribution in [3.63, 3.8) is 0 Å². The van der Waals surface area contributed by atoms with E-state index in [1.54, 1.807) is 6.92 Å². The van der Waals surface area contributed by atoms with E-state index in [2.05, 4.69) is 61.5 Å². The maximum atomic E-state index is 11.9. The number of esters is 1. The zero-order valence-corrected chi connectivity index (χ0v) is 23.7. The number of fused-ring (bicyclic) bond motifs is 7. The van der Waals surface area contributed by atoms with Crippen molar-refractivity contribution in [2.75, 3.05) is 0 Å². The molecule has 4 fully saturated rings. The number of hydrogen-bond donors (Lipinski definition) is 0. The first-order valence-electron chi connectivity index (χ1n) is 14.6. The molecule has 5 rings (SSSR count). The molecular formula is C32H52O2. The van der Waals surface area contributed by atoms with E-state index < -0.39 is 0 Å². The third-order valence-electron chi connectivity index (χ3n) is 13.6. The van der Waals surface area contributed by atoms with Crippen LogP contribution in [0.3, 0.4) is 0 Å². The summed E-state index contributed by atoms with van der Waals surface area (Å²) in [6, 6.07) is 0. The first-order valence-corrected chi connectivity index (χ1v) is 14.6. The zero-order valence-electron chi connectivity index (χ0n) is 23.7. The molecule has 0 aromatic carbocycles. The molecule has 5 aliphatic carbocycles. The zero-order chi connectivity index (χ0) is 24.9. The van der Waals surface area contributed by atoms with Crippen LogP contribution >= 0.6 is 0 Å². The minimum Gasteiger partial charge on any atom is -0.462 e. The first-order chi connectivity index (χ1) is 15.7. The summed E-state index contributed by atoms with van der Waals surface area (Å²) in [6.07, 6.45) is 14.6. The second-order valence-electron chi connectivity index (χ2n) is 15.3. The normalized spacial score (nSPS) is 54.0. The van der Waals surface area contributed by atoms with Gasteiger partial charge in [0, 0.05) is 12.3 Å².